The number of hydrogen-bond donors (Lipinski definition) is 3. The Morgan fingerprint density at radius 3 is 2.35 bits per heavy atom. The molecule has 0 heterocycles. The van der Waals surface area contributed by atoms with Gasteiger partial charge >= 0.3 is 0 Å². The zero-order chi connectivity index (χ0) is 26.9. The Labute approximate surface area is 222 Å². The van der Waals surface area contributed by atoms with Crippen LogP contribution in [-0.2, 0) is 10.1 Å². The lowest BCUT2D eigenvalue weighted by Gasteiger charge is -2.12. The maximum Gasteiger partial charge on any atom is 0.297 e. The van der Waals surface area contributed by atoms with Crippen molar-refractivity contribution in [2.75, 3.05) is 12.4 Å². The number of phenols is 1. The first-order valence-corrected chi connectivity index (χ1v) is 12.8. The average molecular weight is 560 g/mol. The molecule has 0 saturated carbocycles. The first-order chi connectivity index (χ1) is 17.5. The number of amides is 1. The highest BCUT2D eigenvalue weighted by Crippen LogP contribution is 2.42. The molecule has 0 unspecified atom stereocenters. The van der Waals surface area contributed by atoms with Gasteiger partial charge in [0.25, 0.3) is 16.0 Å². The van der Waals surface area contributed by atoms with Crippen molar-refractivity contribution in [2.45, 2.75) is 11.8 Å². The minimum Gasteiger partial charge on any atom is -0.505 e. The molecule has 0 saturated heterocycles. The number of aryl methyl sites for hydroxylation is 1. The molecular weight excluding hydrogens is 541 g/mol. The second-order valence-electron chi connectivity index (χ2n) is 7.86. The molecule has 37 heavy (non-hydrogen) atoms. The van der Waals surface area contributed by atoms with E-state index in [2.05, 4.69) is 15.5 Å². The lowest BCUT2D eigenvalue weighted by molar-refractivity contribution is 0.102. The van der Waals surface area contributed by atoms with E-state index in [-0.39, 0.29) is 27.5 Å². The normalized spacial score (nSPS) is 11.7. The largest absolute Gasteiger partial charge is 0.505 e. The van der Waals surface area contributed by atoms with Crippen molar-refractivity contribution in [3.63, 3.8) is 0 Å². The van der Waals surface area contributed by atoms with Crippen molar-refractivity contribution in [1.29, 1.82) is 0 Å². The molecule has 0 radical (unpaired) electrons. The molecule has 3 N–H and O–H groups in total. The second-order valence-corrected chi connectivity index (χ2v) is 10.0. The maximum absolute atomic E-state index is 13.1. The van der Waals surface area contributed by atoms with Gasteiger partial charge in [-0.25, -0.2) is 0 Å². The van der Waals surface area contributed by atoms with E-state index in [1.54, 1.807) is 36.4 Å². The Bertz CT molecular complexity index is 1690. The molecule has 0 spiro atoms. The highest BCUT2D eigenvalue weighted by molar-refractivity contribution is 7.86. The number of halogens is 2. The molecule has 0 aromatic heterocycles. The van der Waals surface area contributed by atoms with Crippen LogP contribution in [-0.4, -0.2) is 31.1 Å². The molecule has 0 fully saturated rings. The Balaban J connectivity index is 1.84. The quantitative estimate of drug-likeness (QED) is 0.170. The van der Waals surface area contributed by atoms with Gasteiger partial charge in [-0.05, 0) is 42.1 Å². The molecule has 4 aromatic rings. The molecule has 0 aliphatic heterocycles. The van der Waals surface area contributed by atoms with Crippen LogP contribution in [0, 0.1) is 6.92 Å². The third kappa shape index (κ3) is 5.37. The topological polar surface area (TPSA) is 138 Å². The summed E-state index contributed by atoms with van der Waals surface area (Å²) in [6.45, 7) is 1.46. The highest BCUT2D eigenvalue weighted by Gasteiger charge is 2.23. The molecule has 1 amide bonds. The van der Waals surface area contributed by atoms with E-state index in [4.69, 9.17) is 27.9 Å². The van der Waals surface area contributed by atoms with Gasteiger partial charge in [-0.15, -0.1) is 10.2 Å². The van der Waals surface area contributed by atoms with E-state index in [1.165, 1.54) is 38.3 Å². The van der Waals surface area contributed by atoms with Crippen LogP contribution in [0.2, 0.25) is 10.0 Å². The molecule has 0 atom stereocenters. The lowest BCUT2D eigenvalue weighted by Crippen LogP contribution is -2.12. The fourth-order valence-corrected chi connectivity index (χ4v) is 5.01. The van der Waals surface area contributed by atoms with Crippen LogP contribution in [0.3, 0.4) is 0 Å². The SMILES string of the molecule is COc1cc(NC(=O)c2cc3ccccc3c(N=Nc3c(Cl)ccc(C)c3S(=O)(=O)O)c2O)ccc1Cl. The van der Waals surface area contributed by atoms with Crippen LogP contribution in [0.4, 0.5) is 17.1 Å². The van der Waals surface area contributed by atoms with Gasteiger partial charge in [-0.3, -0.25) is 9.35 Å². The van der Waals surface area contributed by atoms with Crippen LogP contribution < -0.4 is 10.1 Å². The number of methoxy groups -OCH3 is 1. The molecule has 4 aromatic carbocycles. The molecule has 4 rings (SSSR count). The number of anilines is 1. The number of benzene rings is 4. The van der Waals surface area contributed by atoms with E-state index in [0.717, 1.165) is 0 Å². The summed E-state index contributed by atoms with van der Waals surface area (Å²) in [4.78, 5) is 12.6. The van der Waals surface area contributed by atoms with Crippen molar-refractivity contribution >= 4 is 67.1 Å². The average Bonchev–Trinajstić information content (AvgIpc) is 2.85. The summed E-state index contributed by atoms with van der Waals surface area (Å²) in [7, 11) is -3.26. The third-order valence-electron chi connectivity index (χ3n) is 5.44. The number of nitrogens with one attached hydrogen (secondary N) is 1. The van der Waals surface area contributed by atoms with E-state index < -0.39 is 26.7 Å². The predicted octanol–water partition coefficient (Wildman–Crippen LogP) is 7.08. The van der Waals surface area contributed by atoms with E-state index in [0.29, 0.717) is 27.2 Å². The number of aromatic hydroxyl groups is 1. The number of azo groups is 1. The number of rotatable bonds is 6. The van der Waals surface area contributed by atoms with Crippen molar-refractivity contribution in [1.82, 2.24) is 0 Å². The highest BCUT2D eigenvalue weighted by atomic mass is 35.5. The summed E-state index contributed by atoms with van der Waals surface area (Å²) in [6.07, 6.45) is 0. The summed E-state index contributed by atoms with van der Waals surface area (Å²) >= 11 is 12.2. The first kappa shape index (κ1) is 26.4. The number of phenolic OH excluding ortho intramolecular Hbond substituents is 1. The van der Waals surface area contributed by atoms with Crippen molar-refractivity contribution in [3.05, 3.63) is 81.8 Å². The van der Waals surface area contributed by atoms with Crippen molar-refractivity contribution in [3.8, 4) is 11.5 Å². The minimum atomic E-state index is -4.69. The Hall–Kier alpha value is -3.70. The fraction of sp³-hybridized carbons (Fsp3) is 0.0800. The maximum atomic E-state index is 13.1. The van der Waals surface area contributed by atoms with Crippen LogP contribution >= 0.6 is 23.2 Å². The number of ether oxygens (including phenoxy) is 1. The van der Waals surface area contributed by atoms with Gasteiger partial charge in [-0.1, -0.05) is 53.5 Å². The minimum absolute atomic E-state index is 0.0867. The summed E-state index contributed by atoms with van der Waals surface area (Å²) in [5.41, 5.74) is 0.0336. The van der Waals surface area contributed by atoms with Gasteiger partial charge in [0.15, 0.2) is 5.75 Å². The predicted molar refractivity (Wildman–Crippen MR) is 142 cm³/mol. The second kappa shape index (κ2) is 10.3. The van der Waals surface area contributed by atoms with Crippen LogP contribution in [0.25, 0.3) is 10.8 Å². The number of nitrogens with zero attached hydrogens (tertiary/aromatic N) is 2. The zero-order valence-corrected chi connectivity index (χ0v) is 21.7. The van der Waals surface area contributed by atoms with Gasteiger partial charge in [-0.2, -0.15) is 8.42 Å². The molecule has 0 aliphatic rings. The van der Waals surface area contributed by atoms with Gasteiger partial charge in [0.05, 0.1) is 22.7 Å². The van der Waals surface area contributed by atoms with Crippen molar-refractivity contribution < 1.29 is 27.6 Å². The lowest BCUT2D eigenvalue weighted by atomic mass is 10.0. The third-order valence-corrected chi connectivity index (χ3v) is 7.08. The molecule has 190 valence electrons. The number of carbonyl (C=O) groups is 1. The number of fused-ring (bicyclic) bond motifs is 1. The standard InChI is InChI=1S/C25H19Cl2N3O6S/c1-13-7-9-19(27)22(24(13)37(33,34)35)30-29-21-16-6-4-3-5-14(16)11-17(23(21)31)25(32)28-15-8-10-18(26)20(12-15)36-2/h3-12,31H,1-2H3,(H,28,32)(H,33,34,35). The van der Waals surface area contributed by atoms with Crippen LogP contribution in [0.5, 0.6) is 11.5 Å². The Morgan fingerprint density at radius 1 is 0.973 bits per heavy atom. The Kier molecular flexibility index (Phi) is 7.37. The molecule has 0 aliphatic carbocycles. The van der Waals surface area contributed by atoms with E-state index >= 15 is 0 Å². The molecule has 9 nitrogen and oxygen atoms in total. The molecule has 12 heteroatoms. The first-order valence-electron chi connectivity index (χ1n) is 10.6. The molecule has 0 bridgehead atoms. The van der Waals surface area contributed by atoms with Gasteiger partial charge in [0.1, 0.15) is 22.0 Å². The van der Waals surface area contributed by atoms with Crippen LogP contribution in [0.15, 0.2) is 75.8 Å². The summed E-state index contributed by atoms with van der Waals surface area (Å²) in [5.74, 6) is -0.810. The summed E-state index contributed by atoms with van der Waals surface area (Å²) in [5, 5.41) is 23.0. The van der Waals surface area contributed by atoms with Gasteiger partial charge < -0.3 is 15.2 Å². The van der Waals surface area contributed by atoms with Crippen LogP contribution in [0.1, 0.15) is 15.9 Å². The molecular formula is C25H19Cl2N3O6S. The van der Waals surface area contributed by atoms with E-state index in [9.17, 15) is 22.9 Å². The van der Waals surface area contributed by atoms with Gasteiger partial charge in [0.2, 0.25) is 0 Å². The van der Waals surface area contributed by atoms with Crippen molar-refractivity contribution in [2.24, 2.45) is 10.2 Å². The Morgan fingerprint density at radius 2 is 1.65 bits per heavy atom. The summed E-state index contributed by atoms with van der Waals surface area (Å²) < 4.78 is 38.8. The smallest absolute Gasteiger partial charge is 0.297 e. The summed E-state index contributed by atoms with van der Waals surface area (Å²) in [6, 6.07) is 15.7. The monoisotopic (exact) mass is 559 g/mol. The number of carbonyl (C=O) groups excluding carboxylic acids is 1. The van der Waals surface area contributed by atoms with Gasteiger partial charge in [0, 0.05) is 17.1 Å². The zero-order valence-electron chi connectivity index (χ0n) is 19.4. The number of hydrogen-bond acceptors (Lipinski definition) is 7. The van der Waals surface area contributed by atoms with E-state index in [1.807, 2.05) is 0 Å². The fourth-order valence-electron chi connectivity index (χ4n) is 3.69.